The van der Waals surface area contributed by atoms with E-state index in [1.54, 1.807) is 38.1 Å². The zero-order valence-corrected chi connectivity index (χ0v) is 46.4. The van der Waals surface area contributed by atoms with Crippen LogP contribution in [-0.4, -0.2) is 341 Å². The van der Waals surface area contributed by atoms with E-state index < -0.39 is 229 Å². The van der Waals surface area contributed by atoms with E-state index in [2.05, 4.69) is 5.32 Å². The molecule has 6 fully saturated rings. The molecule has 31 atom stereocenters. The number of nitrogens with one attached hydrogen (secondary N) is 1. The summed E-state index contributed by atoms with van der Waals surface area (Å²) in [4.78, 5) is 0. The third-order valence-corrected chi connectivity index (χ3v) is 16.5. The molecule has 0 radical (unpaired) electrons. The fourth-order valence-corrected chi connectivity index (χ4v) is 11.4. The van der Waals surface area contributed by atoms with Crippen molar-refractivity contribution in [3.8, 4) is 5.75 Å². The maximum absolute atomic E-state index is 11.7. The highest BCUT2D eigenvalue weighted by Gasteiger charge is 2.58. The summed E-state index contributed by atoms with van der Waals surface area (Å²) in [6, 6.07) is 6.18. The standard InChI is InChI=1S/C51H81NO33/c1-51(2)24(52-44(71)43(51)70)9-16-5-7-17(8-6-16)74-45-31(65)26(60)40(22(14-57)76-45)85-50-42(73-4)35(69)41(23(15-58)80-50)84-49-34(68)29(63)39(21(13-56)79-49)83-48-33(67)28(62)38(20(12-55)78-48)82-47-32(66)27(61)37(19(11-54)77-47)81-46-30(64)25(59)36(72-3)18(10-53)75-46/h5-8,18-42,45-50,52-71H,9-15H2,1-4H3. The van der Waals surface area contributed by atoms with E-state index in [9.17, 15) is 97.0 Å². The Labute approximate surface area is 484 Å². The highest BCUT2D eigenvalue weighted by Crippen LogP contribution is 2.40. The predicted molar refractivity (Wildman–Crippen MR) is 270 cm³/mol. The predicted octanol–water partition coefficient (Wildman–Crippen LogP) is -9.88. The van der Waals surface area contributed by atoms with Crippen molar-refractivity contribution in [1.29, 1.82) is 0 Å². The van der Waals surface area contributed by atoms with Crippen molar-refractivity contribution in [3.63, 3.8) is 0 Å². The molecule has 0 bridgehead atoms. The Morgan fingerprint density at radius 3 is 1.01 bits per heavy atom. The van der Waals surface area contributed by atoms with Crippen LogP contribution >= 0.6 is 0 Å². The van der Waals surface area contributed by atoms with Crippen LogP contribution in [-0.2, 0) is 68.0 Å². The van der Waals surface area contributed by atoms with E-state index in [4.69, 9.17) is 66.3 Å². The summed E-state index contributed by atoms with van der Waals surface area (Å²) in [5.74, 6) is -0.284. The number of methoxy groups -OCH3 is 2. The van der Waals surface area contributed by atoms with Gasteiger partial charge < -0.3 is 169 Å². The van der Waals surface area contributed by atoms with Gasteiger partial charge in [-0.3, -0.25) is 0 Å². The molecule has 0 amide bonds. The lowest BCUT2D eigenvalue weighted by Gasteiger charge is -2.50. The Bertz CT molecular complexity index is 2270. The molecule has 31 unspecified atom stereocenters. The van der Waals surface area contributed by atoms with Crippen LogP contribution in [0.1, 0.15) is 19.4 Å². The van der Waals surface area contributed by atoms with Crippen LogP contribution in [0, 0.1) is 5.41 Å². The number of aliphatic hydroxyl groups is 19. The molecule has 488 valence electrons. The van der Waals surface area contributed by atoms with Gasteiger partial charge >= 0.3 is 0 Å². The number of aliphatic hydroxyl groups excluding tert-OH is 19. The molecule has 8 rings (SSSR count). The lowest BCUT2D eigenvalue weighted by atomic mass is 9.82. The second kappa shape index (κ2) is 28.8. The van der Waals surface area contributed by atoms with Gasteiger partial charge in [-0.1, -0.05) is 26.0 Å². The van der Waals surface area contributed by atoms with Gasteiger partial charge in [0.15, 0.2) is 37.2 Å². The molecule has 0 aromatic heterocycles. The highest BCUT2D eigenvalue weighted by atomic mass is 16.8. The van der Waals surface area contributed by atoms with Gasteiger partial charge in [0.25, 0.3) is 0 Å². The van der Waals surface area contributed by atoms with E-state index in [-0.39, 0.29) is 23.4 Å². The van der Waals surface area contributed by atoms with Gasteiger partial charge in [0.1, 0.15) is 152 Å². The van der Waals surface area contributed by atoms with Crippen molar-refractivity contribution in [2.75, 3.05) is 53.9 Å². The maximum Gasteiger partial charge on any atom is 0.229 e. The minimum atomic E-state index is -2.17. The van der Waals surface area contributed by atoms with Crippen molar-refractivity contribution in [2.24, 2.45) is 5.41 Å². The molecule has 0 saturated carbocycles. The molecule has 7 aliphatic heterocycles. The lowest BCUT2D eigenvalue weighted by molar-refractivity contribution is -0.396. The van der Waals surface area contributed by atoms with Crippen molar-refractivity contribution >= 4 is 0 Å². The van der Waals surface area contributed by atoms with E-state index in [1.165, 1.54) is 7.11 Å². The van der Waals surface area contributed by atoms with Crippen molar-refractivity contribution in [3.05, 3.63) is 41.5 Å². The van der Waals surface area contributed by atoms with E-state index in [1.807, 2.05) is 0 Å². The van der Waals surface area contributed by atoms with Crippen LogP contribution in [0.15, 0.2) is 35.9 Å². The molecule has 0 aliphatic carbocycles. The van der Waals surface area contributed by atoms with Crippen molar-refractivity contribution < 1.29 is 163 Å². The number of benzene rings is 1. The minimum absolute atomic E-state index is 0.166. The smallest absolute Gasteiger partial charge is 0.229 e. The highest BCUT2D eigenvalue weighted by molar-refractivity contribution is 5.30. The third kappa shape index (κ3) is 13.8. The van der Waals surface area contributed by atoms with Crippen LogP contribution in [0.25, 0.3) is 0 Å². The molecule has 1 aromatic carbocycles. The van der Waals surface area contributed by atoms with Crippen molar-refractivity contribution in [2.45, 2.75) is 211 Å². The molecule has 7 heterocycles. The summed E-state index contributed by atoms with van der Waals surface area (Å²) in [6.07, 6.45) is -53.0. The fourth-order valence-electron chi connectivity index (χ4n) is 11.4. The first-order chi connectivity index (χ1) is 40.4. The Kier molecular flexibility index (Phi) is 23.0. The maximum atomic E-state index is 11.7. The van der Waals surface area contributed by atoms with Gasteiger partial charge in [-0.05, 0) is 24.1 Å². The van der Waals surface area contributed by atoms with E-state index >= 15 is 0 Å². The van der Waals surface area contributed by atoms with Crippen LogP contribution in [0.4, 0.5) is 0 Å². The molecule has 20 N–H and O–H groups in total. The largest absolute Gasteiger partial charge is 0.506 e. The third-order valence-electron chi connectivity index (χ3n) is 16.5. The average Bonchev–Trinajstić information content (AvgIpc) is 1.98. The zero-order chi connectivity index (χ0) is 62.1. The first-order valence-electron chi connectivity index (χ1n) is 27.5. The monoisotopic (exact) mass is 1240 g/mol. The Balaban J connectivity index is 0.855. The van der Waals surface area contributed by atoms with Crippen molar-refractivity contribution in [1.82, 2.24) is 5.32 Å². The molecular formula is C51H81NO33. The second-order valence-corrected chi connectivity index (χ2v) is 22.2. The quantitative estimate of drug-likeness (QED) is 0.0513. The molecular weight excluding hydrogens is 1150 g/mol. The summed E-state index contributed by atoms with van der Waals surface area (Å²) < 4.78 is 79.8. The first kappa shape index (κ1) is 67.9. The average molecular weight is 1240 g/mol. The number of hydrogen-bond acceptors (Lipinski definition) is 34. The van der Waals surface area contributed by atoms with Gasteiger partial charge in [0, 0.05) is 25.7 Å². The normalized spacial score (nSPS) is 46.9. The number of hydrogen-bond donors (Lipinski definition) is 20. The van der Waals surface area contributed by atoms with Gasteiger partial charge in [-0.25, -0.2) is 0 Å². The Morgan fingerprint density at radius 1 is 0.388 bits per heavy atom. The zero-order valence-electron chi connectivity index (χ0n) is 46.4. The molecule has 34 nitrogen and oxygen atoms in total. The summed E-state index contributed by atoms with van der Waals surface area (Å²) >= 11 is 0. The summed E-state index contributed by atoms with van der Waals surface area (Å²) in [5, 5.41) is 208. The second-order valence-electron chi connectivity index (χ2n) is 22.2. The Morgan fingerprint density at radius 2 is 0.682 bits per heavy atom. The molecule has 34 heteroatoms. The van der Waals surface area contributed by atoms with Crippen LogP contribution < -0.4 is 10.1 Å². The summed E-state index contributed by atoms with van der Waals surface area (Å²) in [5.41, 5.74) is 0.0244. The van der Waals surface area contributed by atoms with Gasteiger partial charge in [-0.15, -0.1) is 0 Å². The first-order valence-corrected chi connectivity index (χ1v) is 27.5. The molecule has 7 aliphatic rings. The molecule has 1 aromatic rings. The fraction of sp³-hybridized carbons (Fsp3) is 0.843. The summed E-state index contributed by atoms with van der Waals surface area (Å²) in [6.45, 7) is -1.86. The van der Waals surface area contributed by atoms with Gasteiger partial charge in [0.05, 0.1) is 39.6 Å². The van der Waals surface area contributed by atoms with Crippen LogP contribution in [0.5, 0.6) is 5.75 Å². The van der Waals surface area contributed by atoms with Crippen LogP contribution in [0.2, 0.25) is 0 Å². The Hall–Kier alpha value is -3.04. The van der Waals surface area contributed by atoms with Gasteiger partial charge in [-0.2, -0.15) is 0 Å². The van der Waals surface area contributed by atoms with Crippen LogP contribution in [0.3, 0.4) is 0 Å². The molecule has 0 spiro atoms. The summed E-state index contributed by atoms with van der Waals surface area (Å²) in [7, 11) is 2.31. The number of ether oxygens (including phenoxy) is 14. The molecule has 85 heavy (non-hydrogen) atoms. The molecule has 6 saturated heterocycles. The number of rotatable bonds is 22. The van der Waals surface area contributed by atoms with E-state index in [0.29, 0.717) is 6.42 Å². The minimum Gasteiger partial charge on any atom is -0.506 e. The SMILES string of the molecule is COC1C(CO)OC(OC2C(CO)OC(OC3C(CO)OC(OC4C(CO)OC(OC5C(CO)OC(OC6C(CO)OC(Oc7ccc(CC8NC(O)=C(O)C8(C)C)cc7)C(O)C6O)C(OC)C5O)C(O)C4O)C(O)C3O)C(O)C2O)C(O)C1O. The van der Waals surface area contributed by atoms with E-state index in [0.717, 1.165) is 12.7 Å². The lowest BCUT2D eigenvalue weighted by Crippen LogP contribution is -2.68. The topological polar surface area (TPSA) is 526 Å². The van der Waals surface area contributed by atoms with Gasteiger partial charge in [0.2, 0.25) is 12.2 Å².